The van der Waals surface area contributed by atoms with Gasteiger partial charge in [0.05, 0.1) is 13.7 Å². The van der Waals surface area contributed by atoms with Crippen molar-refractivity contribution in [2.24, 2.45) is 0 Å². The summed E-state index contributed by atoms with van der Waals surface area (Å²) in [7, 11) is 1.60. The molecule has 2 heterocycles. The summed E-state index contributed by atoms with van der Waals surface area (Å²) < 4.78 is 11.0. The van der Waals surface area contributed by atoms with E-state index in [0.29, 0.717) is 24.6 Å². The third-order valence-electron chi connectivity index (χ3n) is 5.25. The highest BCUT2D eigenvalue weighted by Crippen LogP contribution is 2.25. The van der Waals surface area contributed by atoms with Gasteiger partial charge in [-0.2, -0.15) is 0 Å². The smallest absolute Gasteiger partial charge is 0.236 e. The van der Waals surface area contributed by atoms with E-state index >= 15 is 0 Å². The van der Waals surface area contributed by atoms with Crippen LogP contribution in [0.4, 0.5) is 0 Å². The van der Waals surface area contributed by atoms with Crippen molar-refractivity contribution in [2.75, 3.05) is 66.1 Å². The molecule has 27 heavy (non-hydrogen) atoms. The summed E-state index contributed by atoms with van der Waals surface area (Å²) in [5.41, 5.74) is 0. The molecule has 0 aromatic heterocycles. The van der Waals surface area contributed by atoms with Gasteiger partial charge in [0.1, 0.15) is 12.7 Å². The van der Waals surface area contributed by atoms with Crippen LogP contribution >= 0.6 is 0 Å². The Labute approximate surface area is 161 Å². The number of rotatable bonds is 8. The molecule has 2 fully saturated rings. The number of benzene rings is 1. The van der Waals surface area contributed by atoms with Crippen molar-refractivity contribution in [1.29, 1.82) is 0 Å². The molecule has 150 valence electrons. The summed E-state index contributed by atoms with van der Waals surface area (Å²) in [4.78, 5) is 18.7. The molecule has 1 atom stereocenters. The minimum atomic E-state index is -0.562. The number of methoxy groups -OCH3 is 1. The van der Waals surface area contributed by atoms with Gasteiger partial charge in [0.25, 0.3) is 0 Å². The molecule has 7 nitrogen and oxygen atoms in total. The van der Waals surface area contributed by atoms with E-state index in [1.807, 2.05) is 29.2 Å². The average molecular weight is 377 g/mol. The second kappa shape index (κ2) is 9.92. The molecule has 7 heteroatoms. The van der Waals surface area contributed by atoms with Crippen LogP contribution in [0.5, 0.6) is 11.5 Å². The summed E-state index contributed by atoms with van der Waals surface area (Å²) in [5, 5.41) is 10.3. The first-order valence-corrected chi connectivity index (χ1v) is 9.82. The summed E-state index contributed by atoms with van der Waals surface area (Å²) >= 11 is 0. The number of carbonyl (C=O) groups is 1. The Bertz CT molecular complexity index is 599. The predicted octanol–water partition coefficient (Wildman–Crippen LogP) is 0.675. The molecule has 1 aromatic rings. The highest BCUT2D eigenvalue weighted by molar-refractivity contribution is 5.78. The first kappa shape index (κ1) is 19.9. The van der Waals surface area contributed by atoms with E-state index in [2.05, 4.69) is 9.80 Å². The van der Waals surface area contributed by atoms with Crippen LogP contribution in [0.25, 0.3) is 0 Å². The van der Waals surface area contributed by atoms with Gasteiger partial charge in [-0.1, -0.05) is 12.1 Å². The number of aliphatic hydroxyl groups is 1. The van der Waals surface area contributed by atoms with Gasteiger partial charge in [-0.15, -0.1) is 0 Å². The molecule has 0 bridgehead atoms. The minimum absolute atomic E-state index is 0.230. The maximum atomic E-state index is 12.2. The summed E-state index contributed by atoms with van der Waals surface area (Å²) in [5.74, 6) is 1.57. The number of piperazine rings is 1. The van der Waals surface area contributed by atoms with E-state index in [1.54, 1.807) is 7.11 Å². The van der Waals surface area contributed by atoms with Gasteiger partial charge in [-0.05, 0) is 25.0 Å². The predicted molar refractivity (Wildman–Crippen MR) is 103 cm³/mol. The lowest BCUT2D eigenvalue weighted by atomic mass is 10.2. The molecule has 2 aliphatic rings. The van der Waals surface area contributed by atoms with Crippen LogP contribution in [0.15, 0.2) is 24.3 Å². The number of ether oxygens (including phenoxy) is 2. The third kappa shape index (κ3) is 5.82. The van der Waals surface area contributed by atoms with E-state index in [4.69, 9.17) is 9.47 Å². The quantitative estimate of drug-likeness (QED) is 0.719. The second-order valence-corrected chi connectivity index (χ2v) is 7.28. The zero-order valence-electron chi connectivity index (χ0n) is 16.2. The zero-order valence-corrected chi connectivity index (χ0v) is 16.2. The molecule has 2 saturated heterocycles. The lowest BCUT2D eigenvalue weighted by Crippen LogP contribution is -2.51. The van der Waals surface area contributed by atoms with Crippen LogP contribution in [0, 0.1) is 0 Å². The van der Waals surface area contributed by atoms with Crippen LogP contribution in [-0.4, -0.2) is 97.9 Å². The first-order chi connectivity index (χ1) is 13.2. The Hall–Kier alpha value is -1.83. The monoisotopic (exact) mass is 377 g/mol. The molecule has 0 spiro atoms. The van der Waals surface area contributed by atoms with Crippen molar-refractivity contribution < 1.29 is 19.4 Å². The molecule has 3 rings (SSSR count). The number of para-hydroxylation sites is 2. The van der Waals surface area contributed by atoms with Crippen molar-refractivity contribution in [3.63, 3.8) is 0 Å². The molecular weight excluding hydrogens is 346 g/mol. The Balaban J connectivity index is 1.35. The lowest BCUT2D eigenvalue weighted by molar-refractivity contribution is -0.131. The van der Waals surface area contributed by atoms with E-state index in [1.165, 1.54) is 0 Å². The maximum absolute atomic E-state index is 12.2. The van der Waals surface area contributed by atoms with Crippen molar-refractivity contribution in [3.8, 4) is 11.5 Å². The lowest BCUT2D eigenvalue weighted by Gasteiger charge is -2.35. The van der Waals surface area contributed by atoms with Crippen LogP contribution in [0.1, 0.15) is 12.8 Å². The van der Waals surface area contributed by atoms with Gasteiger partial charge in [0.15, 0.2) is 11.5 Å². The number of nitrogens with zero attached hydrogens (tertiary/aromatic N) is 3. The standard InChI is InChI=1S/C20H31N3O4/c1-26-18-6-2-3-7-19(18)27-16-17(24)14-21-10-12-22(13-11-21)15-20(25)23-8-4-5-9-23/h2-3,6-7,17,24H,4-5,8-16H2,1H3/t17-/m0/s1. The fraction of sp³-hybridized carbons (Fsp3) is 0.650. The van der Waals surface area contributed by atoms with Crippen LogP contribution < -0.4 is 9.47 Å². The van der Waals surface area contributed by atoms with E-state index in [0.717, 1.165) is 52.1 Å². The highest BCUT2D eigenvalue weighted by atomic mass is 16.5. The van der Waals surface area contributed by atoms with E-state index in [-0.39, 0.29) is 12.5 Å². The average Bonchev–Trinajstić information content (AvgIpc) is 3.23. The maximum Gasteiger partial charge on any atom is 0.236 e. The summed E-state index contributed by atoms with van der Waals surface area (Å²) in [6.45, 7) is 6.59. The Morgan fingerprint density at radius 1 is 1.04 bits per heavy atom. The van der Waals surface area contributed by atoms with Crippen LogP contribution in [-0.2, 0) is 4.79 Å². The van der Waals surface area contributed by atoms with Crippen LogP contribution in [0.3, 0.4) is 0 Å². The molecule has 1 N–H and O–H groups in total. The fourth-order valence-corrected chi connectivity index (χ4v) is 3.66. The normalized spacial score (nSPS) is 19.9. The third-order valence-corrected chi connectivity index (χ3v) is 5.25. The van der Waals surface area contributed by atoms with Gasteiger partial charge in [0, 0.05) is 45.8 Å². The number of hydrogen-bond acceptors (Lipinski definition) is 6. The van der Waals surface area contributed by atoms with Crippen molar-refractivity contribution in [1.82, 2.24) is 14.7 Å². The Morgan fingerprint density at radius 2 is 1.67 bits per heavy atom. The van der Waals surface area contributed by atoms with E-state index < -0.39 is 6.10 Å². The van der Waals surface area contributed by atoms with Crippen molar-refractivity contribution >= 4 is 5.91 Å². The molecule has 0 aliphatic carbocycles. The van der Waals surface area contributed by atoms with Gasteiger partial charge < -0.3 is 19.5 Å². The second-order valence-electron chi connectivity index (χ2n) is 7.28. The van der Waals surface area contributed by atoms with Gasteiger partial charge in [-0.25, -0.2) is 0 Å². The van der Waals surface area contributed by atoms with Gasteiger partial charge in [0.2, 0.25) is 5.91 Å². The SMILES string of the molecule is COc1ccccc1OC[C@@H](O)CN1CCN(CC(=O)N2CCCC2)CC1. The number of likely N-dealkylation sites (tertiary alicyclic amines) is 1. The number of aliphatic hydroxyl groups excluding tert-OH is 1. The summed E-state index contributed by atoms with van der Waals surface area (Å²) in [6, 6.07) is 7.44. The molecule has 0 unspecified atom stereocenters. The number of β-amino-alcohol motifs (C(OH)–C–C–N with tert-alkyl or cyclic N) is 1. The van der Waals surface area contributed by atoms with Crippen LogP contribution in [0.2, 0.25) is 0 Å². The Morgan fingerprint density at radius 3 is 2.33 bits per heavy atom. The van der Waals surface area contributed by atoms with Crippen molar-refractivity contribution in [2.45, 2.75) is 18.9 Å². The number of carbonyl (C=O) groups excluding carboxylic acids is 1. The molecule has 0 radical (unpaired) electrons. The number of amides is 1. The molecule has 2 aliphatic heterocycles. The molecule has 0 saturated carbocycles. The topological polar surface area (TPSA) is 65.5 Å². The van der Waals surface area contributed by atoms with Gasteiger partial charge >= 0.3 is 0 Å². The summed E-state index contributed by atoms with van der Waals surface area (Å²) in [6.07, 6.45) is 1.70. The van der Waals surface area contributed by atoms with Gasteiger partial charge in [-0.3, -0.25) is 14.6 Å². The minimum Gasteiger partial charge on any atom is -0.493 e. The highest BCUT2D eigenvalue weighted by Gasteiger charge is 2.24. The number of hydrogen-bond donors (Lipinski definition) is 1. The van der Waals surface area contributed by atoms with Crippen molar-refractivity contribution in [3.05, 3.63) is 24.3 Å². The molecule has 1 aromatic carbocycles. The van der Waals surface area contributed by atoms with E-state index in [9.17, 15) is 9.90 Å². The zero-order chi connectivity index (χ0) is 19.1. The largest absolute Gasteiger partial charge is 0.493 e. The molecular formula is C20H31N3O4. The Kier molecular flexibility index (Phi) is 7.32. The fourth-order valence-electron chi connectivity index (χ4n) is 3.66. The first-order valence-electron chi connectivity index (χ1n) is 9.82. The molecule has 1 amide bonds.